The zero-order valence-electron chi connectivity index (χ0n) is 23.3. The van der Waals surface area contributed by atoms with Crippen LogP contribution in [-0.4, -0.2) is 52.5 Å². The monoisotopic (exact) mass is 601 g/mol. The molecule has 2 heterocycles. The van der Waals surface area contributed by atoms with Crippen molar-refractivity contribution in [3.8, 4) is 0 Å². The quantitative estimate of drug-likeness (QED) is 0.232. The minimum Gasteiger partial charge on any atom is -0.282 e. The zero-order chi connectivity index (χ0) is 29.3. The molecule has 12 heteroatoms. The molecule has 2 aromatic carbocycles. The fourth-order valence-corrected chi connectivity index (χ4v) is 8.22. The first kappa shape index (κ1) is 29.3. The predicted molar refractivity (Wildman–Crippen MR) is 156 cm³/mol. The highest BCUT2D eigenvalue weighted by Crippen LogP contribution is 2.33. The van der Waals surface area contributed by atoms with Gasteiger partial charge in [0, 0.05) is 36.5 Å². The van der Waals surface area contributed by atoms with Crippen molar-refractivity contribution in [2.75, 3.05) is 18.0 Å². The van der Waals surface area contributed by atoms with Crippen molar-refractivity contribution >= 4 is 42.6 Å². The zero-order valence-corrected chi connectivity index (χ0v) is 24.9. The summed E-state index contributed by atoms with van der Waals surface area (Å²) >= 11 is 1.01. The summed E-state index contributed by atoms with van der Waals surface area (Å²) in [4.78, 5) is 19.7. The number of carbonyl (C=O) groups is 1. The van der Waals surface area contributed by atoms with Crippen molar-refractivity contribution in [1.82, 2.24) is 19.1 Å². The number of fused-ring (bicyclic) bond motifs is 1. The van der Waals surface area contributed by atoms with E-state index in [1.807, 2.05) is 26.8 Å². The fourth-order valence-electron chi connectivity index (χ4n) is 5.50. The van der Waals surface area contributed by atoms with Crippen LogP contribution < -0.4 is 4.90 Å². The second kappa shape index (κ2) is 11.9. The summed E-state index contributed by atoms with van der Waals surface area (Å²) in [6, 6.07) is 9.76. The molecule has 0 saturated heterocycles. The minimum absolute atomic E-state index is 0.0147. The average molecular weight is 602 g/mol. The highest BCUT2D eigenvalue weighted by atomic mass is 32.2. The molecule has 0 N–H and O–H groups in total. The van der Waals surface area contributed by atoms with Crippen molar-refractivity contribution in [3.63, 3.8) is 0 Å². The molecule has 1 fully saturated rings. The lowest BCUT2D eigenvalue weighted by Gasteiger charge is -2.32. The molecule has 4 aromatic rings. The van der Waals surface area contributed by atoms with Gasteiger partial charge in [0.1, 0.15) is 11.3 Å². The maximum Gasteiger partial charge on any atom is 0.260 e. The molecule has 0 atom stereocenters. The summed E-state index contributed by atoms with van der Waals surface area (Å²) < 4.78 is 59.0. The number of amides is 1. The Morgan fingerprint density at radius 3 is 2.41 bits per heavy atom. The molecule has 0 spiro atoms. The number of benzene rings is 2. The van der Waals surface area contributed by atoms with Crippen molar-refractivity contribution in [2.45, 2.75) is 70.4 Å². The Balaban J connectivity index is 1.45. The van der Waals surface area contributed by atoms with E-state index >= 15 is 0 Å². The summed E-state index contributed by atoms with van der Waals surface area (Å²) in [6.45, 7) is 6.52. The number of nitrogens with zero attached hydrogens (tertiary/aromatic N) is 5. The maximum absolute atomic E-state index is 14.5. The first-order chi connectivity index (χ1) is 19.6. The fraction of sp³-hybridized carbons (Fsp3) is 0.414. The van der Waals surface area contributed by atoms with Crippen molar-refractivity contribution in [3.05, 3.63) is 71.1 Å². The van der Waals surface area contributed by atoms with Crippen LogP contribution in [0.5, 0.6) is 0 Å². The summed E-state index contributed by atoms with van der Waals surface area (Å²) in [5.41, 5.74) is 1.99. The number of hydrogen-bond acceptors (Lipinski definition) is 6. The third-order valence-electron chi connectivity index (χ3n) is 7.52. The Morgan fingerprint density at radius 2 is 1.78 bits per heavy atom. The van der Waals surface area contributed by atoms with Gasteiger partial charge >= 0.3 is 0 Å². The Morgan fingerprint density at radius 1 is 1.07 bits per heavy atom. The molecule has 1 aliphatic carbocycles. The van der Waals surface area contributed by atoms with Gasteiger partial charge in [-0.05, 0) is 63.1 Å². The van der Waals surface area contributed by atoms with Gasteiger partial charge in [0.05, 0.1) is 21.8 Å². The number of sulfonamides is 1. The first-order valence-electron chi connectivity index (χ1n) is 13.8. The van der Waals surface area contributed by atoms with Crippen LogP contribution in [0, 0.1) is 25.5 Å². The molecular weight excluding hydrogens is 568 g/mol. The lowest BCUT2D eigenvalue weighted by molar-refractivity contribution is 0.0985. The summed E-state index contributed by atoms with van der Waals surface area (Å²) in [6.07, 6.45) is 4.85. The number of aryl methyl sites for hydroxylation is 2. The molecule has 0 unspecified atom stereocenters. The smallest absolute Gasteiger partial charge is 0.260 e. The van der Waals surface area contributed by atoms with E-state index in [9.17, 15) is 22.0 Å². The number of thiazole rings is 1. The third kappa shape index (κ3) is 6.05. The summed E-state index contributed by atoms with van der Waals surface area (Å²) in [5.74, 6) is -1.96. The molecule has 5 rings (SSSR count). The van der Waals surface area contributed by atoms with Gasteiger partial charge in [0.2, 0.25) is 10.0 Å². The number of carbonyl (C=O) groups excluding carboxylic acids is 1. The van der Waals surface area contributed by atoms with E-state index in [1.54, 1.807) is 8.99 Å². The van der Waals surface area contributed by atoms with Crippen molar-refractivity contribution in [2.24, 2.45) is 0 Å². The van der Waals surface area contributed by atoms with Crippen LogP contribution in [0.4, 0.5) is 13.9 Å². The molecule has 0 bridgehead atoms. The van der Waals surface area contributed by atoms with Gasteiger partial charge in [0.15, 0.2) is 10.9 Å². The molecule has 218 valence electrons. The van der Waals surface area contributed by atoms with Crippen LogP contribution in [0.2, 0.25) is 0 Å². The van der Waals surface area contributed by atoms with E-state index in [0.717, 1.165) is 60.9 Å². The van der Waals surface area contributed by atoms with Crippen molar-refractivity contribution < 1.29 is 22.0 Å². The second-order valence-electron chi connectivity index (χ2n) is 10.4. The first-order valence-corrected chi connectivity index (χ1v) is 16.0. The SMILES string of the molecule is CCN(C1CCCCC1)S(=O)(=O)c1ccc(C(=O)N(CCn2nc(C)cc2C)c2nc3c(F)cc(F)cc3s2)cc1. The molecule has 2 aromatic heterocycles. The molecule has 1 aliphatic rings. The van der Waals surface area contributed by atoms with E-state index < -0.39 is 27.6 Å². The normalized spacial score (nSPS) is 14.7. The lowest BCUT2D eigenvalue weighted by Crippen LogP contribution is -2.41. The van der Waals surface area contributed by atoms with Crippen LogP contribution in [-0.2, 0) is 16.6 Å². The van der Waals surface area contributed by atoms with Gasteiger partial charge in [-0.3, -0.25) is 14.4 Å². The number of halogens is 2. The minimum atomic E-state index is -3.73. The topological polar surface area (TPSA) is 88.4 Å². The number of anilines is 1. The van der Waals surface area contributed by atoms with Crippen LogP contribution in [0.3, 0.4) is 0 Å². The maximum atomic E-state index is 14.5. The summed E-state index contributed by atoms with van der Waals surface area (Å²) in [7, 11) is -3.73. The molecule has 8 nitrogen and oxygen atoms in total. The van der Waals surface area contributed by atoms with E-state index in [0.29, 0.717) is 13.1 Å². The van der Waals surface area contributed by atoms with E-state index in [4.69, 9.17) is 0 Å². The van der Waals surface area contributed by atoms with E-state index in [1.165, 1.54) is 35.2 Å². The molecule has 1 amide bonds. The van der Waals surface area contributed by atoms with Crippen molar-refractivity contribution in [1.29, 1.82) is 0 Å². The highest BCUT2D eigenvalue weighted by molar-refractivity contribution is 7.89. The second-order valence-corrected chi connectivity index (χ2v) is 13.3. The highest BCUT2D eigenvalue weighted by Gasteiger charge is 2.31. The molecule has 41 heavy (non-hydrogen) atoms. The van der Waals surface area contributed by atoms with Gasteiger partial charge in [-0.1, -0.05) is 37.5 Å². The number of hydrogen-bond donors (Lipinski definition) is 0. The Labute approximate surface area is 242 Å². The van der Waals surface area contributed by atoms with Gasteiger partial charge in [0.25, 0.3) is 5.91 Å². The van der Waals surface area contributed by atoms with Gasteiger partial charge in [-0.15, -0.1) is 0 Å². The predicted octanol–water partition coefficient (Wildman–Crippen LogP) is 6.08. The Hall–Kier alpha value is -3.22. The Kier molecular flexibility index (Phi) is 8.53. The number of rotatable bonds is 9. The largest absolute Gasteiger partial charge is 0.282 e. The van der Waals surface area contributed by atoms with Gasteiger partial charge < -0.3 is 0 Å². The molecule has 0 aliphatic heterocycles. The molecular formula is C29H33F2N5O3S2. The van der Waals surface area contributed by atoms with Gasteiger partial charge in [-0.25, -0.2) is 22.2 Å². The van der Waals surface area contributed by atoms with E-state index in [-0.39, 0.29) is 38.4 Å². The van der Waals surface area contributed by atoms with E-state index in [2.05, 4.69) is 10.1 Å². The van der Waals surface area contributed by atoms with Crippen LogP contribution in [0.1, 0.15) is 60.8 Å². The van der Waals surface area contributed by atoms with Crippen LogP contribution in [0.15, 0.2) is 47.4 Å². The van der Waals surface area contributed by atoms with Crippen LogP contribution >= 0.6 is 11.3 Å². The number of aromatic nitrogens is 3. The molecule has 0 radical (unpaired) electrons. The third-order valence-corrected chi connectivity index (χ3v) is 10.6. The standard InChI is InChI=1S/C29H33F2N5O3S2/c1-4-36(23-8-6-5-7-9-23)41(38,39)24-12-10-21(11-13-24)28(37)34(14-15-35-20(3)16-19(2)33-35)29-32-27-25(31)17-22(30)18-26(27)40-29/h10-13,16-18,23H,4-9,14-15H2,1-3H3. The summed E-state index contributed by atoms with van der Waals surface area (Å²) in [5, 5.41) is 4.67. The average Bonchev–Trinajstić information content (AvgIpc) is 3.51. The molecule has 1 saturated carbocycles. The lowest BCUT2D eigenvalue weighted by atomic mass is 9.95. The Bertz CT molecular complexity index is 1660. The van der Waals surface area contributed by atoms with Crippen LogP contribution in [0.25, 0.3) is 10.2 Å². The van der Waals surface area contributed by atoms with Gasteiger partial charge in [-0.2, -0.15) is 9.40 Å².